The summed E-state index contributed by atoms with van der Waals surface area (Å²) in [4.78, 5) is 7.19. The molecule has 0 saturated heterocycles. The Morgan fingerprint density at radius 2 is 2.08 bits per heavy atom. The molecular formula is C9H20N2O. The maximum absolute atomic E-state index is 4.93. The third-order valence-electron chi connectivity index (χ3n) is 1.74. The van der Waals surface area contributed by atoms with Crippen LogP contribution in [0.3, 0.4) is 0 Å². The number of rotatable bonds is 6. The second-order valence-corrected chi connectivity index (χ2v) is 2.89. The van der Waals surface area contributed by atoms with Gasteiger partial charge in [0.15, 0.2) is 0 Å². The quantitative estimate of drug-likeness (QED) is 0.450. The highest BCUT2D eigenvalue weighted by atomic mass is 16.6. The smallest absolute Gasteiger partial charge is 0.114 e. The van der Waals surface area contributed by atoms with Crippen LogP contribution in [0.1, 0.15) is 27.2 Å². The molecule has 0 aromatic rings. The minimum Gasteiger partial charge on any atom is -0.396 e. The Bertz CT molecular complexity index is 134. The summed E-state index contributed by atoms with van der Waals surface area (Å²) in [5.74, 6) is 0. The molecule has 0 aliphatic carbocycles. The average Bonchev–Trinajstić information content (AvgIpc) is 2.10. The maximum atomic E-state index is 4.93. The van der Waals surface area contributed by atoms with Crippen LogP contribution in [0.5, 0.6) is 0 Å². The average molecular weight is 172 g/mol. The molecule has 0 aliphatic rings. The Balaban J connectivity index is 3.48. The highest BCUT2D eigenvalue weighted by Crippen LogP contribution is 1.91. The number of nitrogens with zero attached hydrogens (tertiary/aromatic N) is 2. The minimum absolute atomic E-state index is 0.654. The molecule has 0 bridgehead atoms. The molecule has 0 heterocycles. The highest BCUT2D eigenvalue weighted by molar-refractivity contribution is 5.81. The molecule has 0 aromatic carbocycles. The van der Waals surface area contributed by atoms with Crippen LogP contribution in [0, 0.1) is 0 Å². The van der Waals surface area contributed by atoms with Gasteiger partial charge in [0.05, 0.1) is 5.71 Å². The molecule has 0 aromatic heterocycles. The predicted octanol–water partition coefficient (Wildman–Crippen LogP) is 1.74. The van der Waals surface area contributed by atoms with Crippen LogP contribution in [-0.2, 0) is 4.84 Å². The van der Waals surface area contributed by atoms with E-state index in [4.69, 9.17) is 4.84 Å². The van der Waals surface area contributed by atoms with Gasteiger partial charge in [-0.1, -0.05) is 12.1 Å². The Morgan fingerprint density at radius 3 is 2.58 bits per heavy atom. The Hall–Kier alpha value is -0.570. The van der Waals surface area contributed by atoms with Crippen molar-refractivity contribution in [2.45, 2.75) is 27.2 Å². The molecule has 0 spiro atoms. The van der Waals surface area contributed by atoms with Crippen molar-refractivity contribution in [2.75, 3.05) is 26.7 Å². The third kappa shape index (κ3) is 6.16. The summed E-state index contributed by atoms with van der Waals surface area (Å²) in [5.41, 5.74) is 1.07. The van der Waals surface area contributed by atoms with Crippen LogP contribution >= 0.6 is 0 Å². The van der Waals surface area contributed by atoms with Gasteiger partial charge in [-0.2, -0.15) is 0 Å². The van der Waals surface area contributed by atoms with E-state index in [9.17, 15) is 0 Å². The van der Waals surface area contributed by atoms with E-state index in [1.165, 1.54) is 0 Å². The lowest BCUT2D eigenvalue weighted by Crippen LogP contribution is -2.20. The number of hydrogen-bond donors (Lipinski definition) is 0. The van der Waals surface area contributed by atoms with Crippen molar-refractivity contribution in [1.82, 2.24) is 4.90 Å². The molecular weight excluding hydrogens is 152 g/mol. The van der Waals surface area contributed by atoms with E-state index in [0.717, 1.165) is 25.2 Å². The van der Waals surface area contributed by atoms with E-state index < -0.39 is 0 Å². The lowest BCUT2D eigenvalue weighted by molar-refractivity contribution is 0.157. The first-order chi connectivity index (χ1) is 5.70. The summed E-state index contributed by atoms with van der Waals surface area (Å²) >= 11 is 0. The standard InChI is InChI=1S/C9H20N2O/c1-5-11(4)8-7-9(3)10-12-6-2/h5-8H2,1-4H3/b10-9-. The first-order valence-electron chi connectivity index (χ1n) is 4.54. The van der Waals surface area contributed by atoms with Crippen LogP contribution in [0.25, 0.3) is 0 Å². The molecule has 0 aliphatic heterocycles. The fourth-order valence-electron chi connectivity index (χ4n) is 0.731. The second-order valence-electron chi connectivity index (χ2n) is 2.89. The van der Waals surface area contributed by atoms with Crippen molar-refractivity contribution in [3.8, 4) is 0 Å². The van der Waals surface area contributed by atoms with Crippen molar-refractivity contribution in [3.05, 3.63) is 0 Å². The molecule has 3 nitrogen and oxygen atoms in total. The minimum atomic E-state index is 0.654. The van der Waals surface area contributed by atoms with Gasteiger partial charge in [0, 0.05) is 13.0 Å². The molecule has 0 unspecified atom stereocenters. The number of oxime groups is 1. The van der Waals surface area contributed by atoms with E-state index in [1.54, 1.807) is 0 Å². The van der Waals surface area contributed by atoms with E-state index in [0.29, 0.717) is 6.61 Å². The second kappa shape index (κ2) is 7.10. The van der Waals surface area contributed by atoms with Crippen molar-refractivity contribution < 1.29 is 4.84 Å². The van der Waals surface area contributed by atoms with Crippen LogP contribution < -0.4 is 0 Å². The Labute approximate surface area is 75.4 Å². The van der Waals surface area contributed by atoms with Gasteiger partial charge >= 0.3 is 0 Å². The molecule has 0 fully saturated rings. The van der Waals surface area contributed by atoms with E-state index in [1.807, 2.05) is 13.8 Å². The van der Waals surface area contributed by atoms with E-state index in [-0.39, 0.29) is 0 Å². The van der Waals surface area contributed by atoms with Crippen LogP contribution in [-0.4, -0.2) is 37.4 Å². The zero-order valence-corrected chi connectivity index (χ0v) is 8.63. The molecule has 0 saturated carbocycles. The molecule has 0 rings (SSSR count). The molecule has 0 atom stereocenters. The highest BCUT2D eigenvalue weighted by Gasteiger charge is 1.96. The van der Waals surface area contributed by atoms with E-state index >= 15 is 0 Å². The SMILES string of the molecule is CCO/N=C(/C)CCN(C)CC. The Kier molecular flexibility index (Phi) is 6.76. The van der Waals surface area contributed by atoms with Crippen LogP contribution in [0.15, 0.2) is 5.16 Å². The summed E-state index contributed by atoms with van der Waals surface area (Å²) in [6.07, 6.45) is 0.990. The third-order valence-corrected chi connectivity index (χ3v) is 1.74. The summed E-state index contributed by atoms with van der Waals surface area (Å²) in [7, 11) is 2.11. The summed E-state index contributed by atoms with van der Waals surface area (Å²) in [6.45, 7) is 8.88. The predicted molar refractivity (Wildman–Crippen MR) is 52.5 cm³/mol. The van der Waals surface area contributed by atoms with Gasteiger partial charge in [-0.15, -0.1) is 0 Å². The summed E-state index contributed by atoms with van der Waals surface area (Å²) < 4.78 is 0. The van der Waals surface area contributed by atoms with Gasteiger partial charge in [-0.05, 0) is 27.4 Å². The van der Waals surface area contributed by atoms with Crippen molar-refractivity contribution >= 4 is 5.71 Å². The Morgan fingerprint density at radius 1 is 1.42 bits per heavy atom. The lowest BCUT2D eigenvalue weighted by atomic mass is 10.3. The molecule has 72 valence electrons. The topological polar surface area (TPSA) is 24.8 Å². The van der Waals surface area contributed by atoms with Crippen molar-refractivity contribution in [3.63, 3.8) is 0 Å². The van der Waals surface area contributed by atoms with Crippen LogP contribution in [0.4, 0.5) is 0 Å². The largest absolute Gasteiger partial charge is 0.396 e. The summed E-state index contributed by atoms with van der Waals surface area (Å²) in [5, 5.41) is 3.94. The zero-order chi connectivity index (χ0) is 9.40. The lowest BCUT2D eigenvalue weighted by Gasteiger charge is -2.12. The van der Waals surface area contributed by atoms with Crippen molar-refractivity contribution in [1.29, 1.82) is 0 Å². The van der Waals surface area contributed by atoms with Crippen LogP contribution in [0.2, 0.25) is 0 Å². The van der Waals surface area contributed by atoms with Gasteiger partial charge in [0.1, 0.15) is 6.61 Å². The molecule has 0 N–H and O–H groups in total. The monoisotopic (exact) mass is 172 g/mol. The fourth-order valence-corrected chi connectivity index (χ4v) is 0.731. The zero-order valence-electron chi connectivity index (χ0n) is 8.63. The summed E-state index contributed by atoms with van der Waals surface area (Å²) in [6, 6.07) is 0. The first-order valence-corrected chi connectivity index (χ1v) is 4.54. The van der Waals surface area contributed by atoms with Gasteiger partial charge in [-0.3, -0.25) is 0 Å². The van der Waals surface area contributed by atoms with Gasteiger partial charge in [-0.25, -0.2) is 0 Å². The van der Waals surface area contributed by atoms with Crippen molar-refractivity contribution in [2.24, 2.45) is 5.16 Å². The first kappa shape index (κ1) is 11.4. The normalized spacial score (nSPS) is 12.2. The molecule has 3 heteroatoms. The number of hydrogen-bond acceptors (Lipinski definition) is 3. The van der Waals surface area contributed by atoms with Gasteiger partial charge in [0.2, 0.25) is 0 Å². The van der Waals surface area contributed by atoms with Gasteiger partial charge < -0.3 is 9.74 Å². The fraction of sp³-hybridized carbons (Fsp3) is 0.889. The molecule has 0 amide bonds. The van der Waals surface area contributed by atoms with Gasteiger partial charge in [0.25, 0.3) is 0 Å². The molecule has 0 radical (unpaired) electrons. The maximum Gasteiger partial charge on any atom is 0.114 e. The van der Waals surface area contributed by atoms with E-state index in [2.05, 4.69) is 24.0 Å². The molecule has 12 heavy (non-hydrogen) atoms.